The van der Waals surface area contributed by atoms with Crippen molar-refractivity contribution in [2.75, 3.05) is 0 Å². The first kappa shape index (κ1) is 6.76. The van der Waals surface area contributed by atoms with Crippen molar-refractivity contribution in [1.82, 2.24) is 0 Å². The fraction of sp³-hybridized carbons (Fsp3) is 1.00. The molecule has 0 atom stereocenters. The molecule has 0 aromatic rings. The van der Waals surface area contributed by atoms with Crippen LogP contribution in [0.5, 0.6) is 0 Å². The van der Waals surface area contributed by atoms with Crippen LogP contribution in [0.3, 0.4) is 0 Å². The number of rotatable bonds is 1. The third kappa shape index (κ3) is 4.76. The van der Waals surface area contributed by atoms with Crippen molar-refractivity contribution in [2.24, 2.45) is 0 Å². The summed E-state index contributed by atoms with van der Waals surface area (Å²) in [4.78, 5) is 1.47. The summed E-state index contributed by atoms with van der Waals surface area (Å²) in [6.07, 6.45) is 0. The number of hydrogen-bond donors (Lipinski definition) is 0. The van der Waals surface area contributed by atoms with Crippen LogP contribution >= 0.6 is 0 Å². The van der Waals surface area contributed by atoms with Gasteiger partial charge in [0.2, 0.25) is 0 Å². The molecule has 0 bridgehead atoms. The Morgan fingerprint density at radius 2 is 1.50 bits per heavy atom. The third-order valence-electron chi connectivity index (χ3n) is 0.612. The summed E-state index contributed by atoms with van der Waals surface area (Å²) in [6, 6.07) is 0. The van der Waals surface area contributed by atoms with Gasteiger partial charge in [-0.3, -0.25) is 0 Å². The molecule has 0 spiro atoms. The molecule has 0 saturated carbocycles. The van der Waals surface area contributed by atoms with Crippen LogP contribution in [-0.2, 0) is 0 Å². The molecule has 0 fully saturated rings. The summed E-state index contributed by atoms with van der Waals surface area (Å²) in [5, 5.41) is 0. The van der Waals surface area contributed by atoms with Gasteiger partial charge < -0.3 is 0 Å². The van der Waals surface area contributed by atoms with Gasteiger partial charge in [0.25, 0.3) is 0 Å². The van der Waals surface area contributed by atoms with Crippen LogP contribution in [0.25, 0.3) is 0 Å². The monoisotopic (exact) mass is 162 g/mol. The molecule has 0 nitrogen and oxygen atoms in total. The summed E-state index contributed by atoms with van der Waals surface area (Å²) in [5.41, 5.74) is 0. The zero-order valence-corrected chi connectivity index (χ0v) is 8.21. The van der Waals surface area contributed by atoms with Crippen molar-refractivity contribution in [3.63, 3.8) is 0 Å². The molecule has 0 saturated heterocycles. The van der Waals surface area contributed by atoms with E-state index in [1.54, 1.807) is 0 Å². The fourth-order valence-electron chi connectivity index (χ4n) is 0. The molecule has 0 aromatic carbocycles. The topological polar surface area (TPSA) is 0 Å². The van der Waals surface area contributed by atoms with Crippen molar-refractivity contribution < 1.29 is 0 Å². The predicted molar refractivity (Wildman–Crippen MR) is 35.3 cm³/mol. The zero-order valence-electron chi connectivity index (χ0n) is 4.78. The van der Waals surface area contributed by atoms with E-state index in [1.165, 1.54) is 4.88 Å². The van der Waals surface area contributed by atoms with Gasteiger partial charge in [-0.2, -0.15) is 0 Å². The second kappa shape index (κ2) is 2.17. The number of hydrogen-bond acceptors (Lipinski definition) is 0. The van der Waals surface area contributed by atoms with Gasteiger partial charge in [-0.1, -0.05) is 0 Å². The van der Waals surface area contributed by atoms with Crippen molar-refractivity contribution >= 4 is 24.6 Å². The molecule has 0 heterocycles. The van der Waals surface area contributed by atoms with Gasteiger partial charge in [-0.25, -0.2) is 0 Å². The molecule has 0 unspecified atom stereocenters. The van der Waals surface area contributed by atoms with Crippen molar-refractivity contribution in [2.45, 2.75) is 24.5 Å². The SMILES string of the molecule is C[Si](C)(C)[CH2][GeH]. The first-order valence-corrected chi connectivity index (χ1v) is 7.68. The van der Waals surface area contributed by atoms with E-state index in [-0.39, 0.29) is 0 Å². The molecule has 0 aliphatic rings. The Morgan fingerprint density at radius 1 is 1.33 bits per heavy atom. The molecule has 0 aromatic heterocycles. The van der Waals surface area contributed by atoms with Crippen molar-refractivity contribution in [1.29, 1.82) is 0 Å². The summed E-state index contributed by atoms with van der Waals surface area (Å²) in [7, 11) is -0.603. The Kier molecular flexibility index (Phi) is 2.44. The fourth-order valence-corrected chi connectivity index (χ4v) is 0. The Bertz CT molecular complexity index is 37.3. The Morgan fingerprint density at radius 3 is 1.50 bits per heavy atom. The van der Waals surface area contributed by atoms with Gasteiger partial charge in [0.1, 0.15) is 0 Å². The molecule has 0 aliphatic heterocycles. The van der Waals surface area contributed by atoms with E-state index in [0.717, 1.165) is 0 Å². The molecule has 2 heteroatoms. The minimum absolute atomic E-state index is 0.603. The molecular weight excluding hydrogens is 149 g/mol. The summed E-state index contributed by atoms with van der Waals surface area (Å²) in [5.74, 6) is 0. The van der Waals surface area contributed by atoms with E-state index < -0.39 is 8.07 Å². The molecule has 0 amide bonds. The van der Waals surface area contributed by atoms with Gasteiger partial charge >= 0.3 is 49.1 Å². The van der Waals surface area contributed by atoms with Gasteiger partial charge in [-0.05, 0) is 0 Å². The van der Waals surface area contributed by atoms with Crippen molar-refractivity contribution in [3.05, 3.63) is 0 Å². The van der Waals surface area contributed by atoms with E-state index in [2.05, 4.69) is 19.6 Å². The average Bonchev–Trinajstić information content (AvgIpc) is 1.35. The second-order valence-corrected chi connectivity index (χ2v) is 10.9. The van der Waals surface area contributed by atoms with E-state index >= 15 is 0 Å². The van der Waals surface area contributed by atoms with E-state index in [9.17, 15) is 0 Å². The zero-order chi connectivity index (χ0) is 5.21. The van der Waals surface area contributed by atoms with Crippen LogP contribution in [-0.4, -0.2) is 24.6 Å². The first-order chi connectivity index (χ1) is 2.56. The molecule has 0 N–H and O–H groups in total. The van der Waals surface area contributed by atoms with Gasteiger partial charge in [0.05, 0.1) is 0 Å². The molecule has 36 valence electrons. The van der Waals surface area contributed by atoms with Crippen LogP contribution < -0.4 is 0 Å². The first-order valence-electron chi connectivity index (χ1n) is 2.26. The van der Waals surface area contributed by atoms with Crippen LogP contribution in [0.4, 0.5) is 0 Å². The molecule has 0 rings (SSSR count). The Hall–Kier alpha value is 0.760. The third-order valence-corrected chi connectivity index (χ3v) is 9.55. The maximum atomic E-state index is 2.40. The maximum absolute atomic E-state index is 2.40. The quantitative estimate of drug-likeness (QED) is 0.506. The summed E-state index contributed by atoms with van der Waals surface area (Å²) < 4.78 is 0. The Labute approximate surface area is 49.6 Å². The molecule has 0 aliphatic carbocycles. The molecule has 2 radical (unpaired) electrons. The van der Waals surface area contributed by atoms with Gasteiger partial charge in [0.15, 0.2) is 0 Å². The summed E-state index contributed by atoms with van der Waals surface area (Å²) >= 11 is 1.88. The molecular formula is C4H12GeSi. The van der Waals surface area contributed by atoms with E-state index in [0.29, 0.717) is 0 Å². The van der Waals surface area contributed by atoms with Crippen LogP contribution in [0.15, 0.2) is 0 Å². The molecule has 6 heavy (non-hydrogen) atoms. The second-order valence-electron chi connectivity index (χ2n) is 2.76. The predicted octanol–water partition coefficient (Wildman–Crippen LogP) is 1.18. The Balaban J connectivity index is 3.17. The normalized spacial score (nSPS) is 12.0. The average molecular weight is 161 g/mol. The van der Waals surface area contributed by atoms with Gasteiger partial charge in [-0.15, -0.1) is 0 Å². The van der Waals surface area contributed by atoms with Crippen LogP contribution in [0.1, 0.15) is 0 Å². The minimum atomic E-state index is -0.603. The van der Waals surface area contributed by atoms with Crippen molar-refractivity contribution in [3.8, 4) is 0 Å². The van der Waals surface area contributed by atoms with Crippen LogP contribution in [0, 0.1) is 0 Å². The van der Waals surface area contributed by atoms with E-state index in [1.807, 2.05) is 16.5 Å². The van der Waals surface area contributed by atoms with E-state index in [4.69, 9.17) is 0 Å². The standard InChI is InChI=1S/C4H12GeSi/c1-6(2,3)4-5/h5H,4H2,1-3H3. The van der Waals surface area contributed by atoms with Crippen LogP contribution in [0.2, 0.25) is 24.5 Å². The van der Waals surface area contributed by atoms with Gasteiger partial charge in [0, 0.05) is 0 Å². The summed E-state index contributed by atoms with van der Waals surface area (Å²) in [6.45, 7) is 7.19.